The van der Waals surface area contributed by atoms with Gasteiger partial charge < -0.3 is 9.80 Å². The first-order valence-corrected chi connectivity index (χ1v) is 7.64. The summed E-state index contributed by atoms with van der Waals surface area (Å²) in [6, 6.07) is 13.7. The first-order valence-electron chi connectivity index (χ1n) is 7.64. The Balaban J connectivity index is 1.81. The summed E-state index contributed by atoms with van der Waals surface area (Å²) in [5, 5.41) is 11.2. The molecule has 0 N–H and O–H groups in total. The van der Waals surface area contributed by atoms with E-state index in [4.69, 9.17) is 0 Å². The number of para-hydroxylation sites is 1. The van der Waals surface area contributed by atoms with E-state index in [-0.39, 0.29) is 5.69 Å². The summed E-state index contributed by atoms with van der Waals surface area (Å²) < 4.78 is 13.5. The largest absolute Gasteiger partial charge is 0.370 e. The van der Waals surface area contributed by atoms with Crippen LogP contribution in [-0.4, -0.2) is 31.1 Å². The van der Waals surface area contributed by atoms with Crippen molar-refractivity contribution < 1.29 is 9.31 Å². The van der Waals surface area contributed by atoms with E-state index in [2.05, 4.69) is 17.0 Å². The molecule has 1 aliphatic heterocycles. The third kappa shape index (κ3) is 3.41. The van der Waals surface area contributed by atoms with Gasteiger partial charge in [-0.15, -0.1) is 0 Å². The number of nitrogens with zero attached hydrogens (tertiary/aromatic N) is 3. The van der Waals surface area contributed by atoms with Crippen LogP contribution in [0.3, 0.4) is 0 Å². The predicted octanol–water partition coefficient (Wildman–Crippen LogP) is 3.45. The van der Waals surface area contributed by atoms with E-state index in [0.29, 0.717) is 18.8 Å². The van der Waals surface area contributed by atoms with Crippen molar-refractivity contribution in [3.8, 4) is 0 Å². The van der Waals surface area contributed by atoms with E-state index in [1.165, 1.54) is 12.1 Å². The van der Waals surface area contributed by atoms with Crippen LogP contribution in [0.1, 0.15) is 6.42 Å². The van der Waals surface area contributed by atoms with Gasteiger partial charge in [-0.3, -0.25) is 10.1 Å². The second-order valence-electron chi connectivity index (χ2n) is 5.55. The third-order valence-electron chi connectivity index (χ3n) is 4.09. The van der Waals surface area contributed by atoms with E-state index in [0.717, 1.165) is 31.3 Å². The molecule has 3 rings (SSSR count). The first kappa shape index (κ1) is 15.3. The molecule has 5 nitrogen and oxygen atoms in total. The van der Waals surface area contributed by atoms with Crippen molar-refractivity contribution in [2.45, 2.75) is 6.42 Å². The van der Waals surface area contributed by atoms with Crippen LogP contribution in [0, 0.1) is 15.9 Å². The SMILES string of the molecule is O=[N+]([O-])c1ccc(F)cc1N1CCCN(c2ccccc2)CC1. The lowest BCUT2D eigenvalue weighted by atomic mass is 10.2. The number of benzene rings is 2. The highest BCUT2D eigenvalue weighted by Crippen LogP contribution is 2.30. The van der Waals surface area contributed by atoms with E-state index in [9.17, 15) is 14.5 Å². The van der Waals surface area contributed by atoms with Gasteiger partial charge >= 0.3 is 0 Å². The highest BCUT2D eigenvalue weighted by molar-refractivity contribution is 5.63. The predicted molar refractivity (Wildman–Crippen MR) is 88.5 cm³/mol. The molecule has 0 aromatic heterocycles. The molecule has 1 aliphatic rings. The Morgan fingerprint density at radius 1 is 0.957 bits per heavy atom. The standard InChI is InChI=1S/C17H18FN3O2/c18-14-7-8-16(21(22)23)17(13-14)20-10-4-9-19(11-12-20)15-5-2-1-3-6-15/h1-3,5-8,13H,4,9-12H2. The summed E-state index contributed by atoms with van der Waals surface area (Å²) >= 11 is 0. The van der Waals surface area contributed by atoms with E-state index in [1.807, 2.05) is 23.1 Å². The molecule has 0 unspecified atom stereocenters. The number of hydrogen-bond acceptors (Lipinski definition) is 4. The molecule has 1 saturated heterocycles. The van der Waals surface area contributed by atoms with Crippen LogP contribution in [0.5, 0.6) is 0 Å². The zero-order valence-electron chi connectivity index (χ0n) is 12.7. The Morgan fingerprint density at radius 3 is 2.39 bits per heavy atom. The summed E-state index contributed by atoms with van der Waals surface area (Å²) in [4.78, 5) is 14.9. The Bertz CT molecular complexity index is 693. The minimum absolute atomic E-state index is 0.0421. The van der Waals surface area contributed by atoms with Crippen LogP contribution in [0.2, 0.25) is 0 Å². The van der Waals surface area contributed by atoms with E-state index >= 15 is 0 Å². The molecule has 2 aromatic rings. The van der Waals surface area contributed by atoms with Gasteiger partial charge in [-0.05, 0) is 24.6 Å². The normalized spacial score (nSPS) is 15.3. The molecule has 1 heterocycles. The molecule has 0 atom stereocenters. The van der Waals surface area contributed by atoms with Gasteiger partial charge in [0.1, 0.15) is 11.5 Å². The Hall–Kier alpha value is -2.63. The monoisotopic (exact) mass is 315 g/mol. The van der Waals surface area contributed by atoms with Gasteiger partial charge in [0, 0.05) is 44.0 Å². The van der Waals surface area contributed by atoms with Gasteiger partial charge in [-0.25, -0.2) is 4.39 Å². The maximum Gasteiger partial charge on any atom is 0.292 e. The number of hydrogen-bond donors (Lipinski definition) is 0. The summed E-state index contributed by atoms with van der Waals surface area (Å²) in [5.41, 5.74) is 1.47. The van der Waals surface area contributed by atoms with Gasteiger partial charge in [0.05, 0.1) is 4.92 Å². The number of rotatable bonds is 3. The second kappa shape index (κ2) is 6.64. The lowest BCUT2D eigenvalue weighted by molar-refractivity contribution is -0.384. The van der Waals surface area contributed by atoms with Crippen molar-refractivity contribution in [1.82, 2.24) is 0 Å². The van der Waals surface area contributed by atoms with Gasteiger partial charge in [-0.2, -0.15) is 0 Å². The average molecular weight is 315 g/mol. The molecular formula is C17H18FN3O2. The van der Waals surface area contributed by atoms with Crippen LogP contribution in [0.25, 0.3) is 0 Å². The fourth-order valence-corrected chi connectivity index (χ4v) is 2.96. The van der Waals surface area contributed by atoms with Crippen LogP contribution in [0.15, 0.2) is 48.5 Å². The lowest BCUT2D eigenvalue weighted by Crippen LogP contribution is -2.31. The van der Waals surface area contributed by atoms with Crippen molar-refractivity contribution >= 4 is 17.1 Å². The fourth-order valence-electron chi connectivity index (χ4n) is 2.96. The number of anilines is 2. The number of nitro groups is 1. The molecule has 2 aromatic carbocycles. The van der Waals surface area contributed by atoms with Gasteiger partial charge in [-0.1, -0.05) is 18.2 Å². The molecule has 0 amide bonds. The zero-order valence-corrected chi connectivity index (χ0v) is 12.7. The molecule has 0 spiro atoms. The Morgan fingerprint density at radius 2 is 1.65 bits per heavy atom. The van der Waals surface area contributed by atoms with E-state index < -0.39 is 10.7 Å². The van der Waals surface area contributed by atoms with Crippen LogP contribution in [-0.2, 0) is 0 Å². The molecule has 23 heavy (non-hydrogen) atoms. The molecule has 0 saturated carbocycles. The van der Waals surface area contributed by atoms with Gasteiger partial charge in [0.15, 0.2) is 0 Å². The summed E-state index contributed by atoms with van der Waals surface area (Å²) in [7, 11) is 0. The fraction of sp³-hybridized carbons (Fsp3) is 0.294. The summed E-state index contributed by atoms with van der Waals surface area (Å²) in [5.74, 6) is -0.449. The topological polar surface area (TPSA) is 49.6 Å². The minimum Gasteiger partial charge on any atom is -0.370 e. The average Bonchev–Trinajstić information content (AvgIpc) is 2.81. The van der Waals surface area contributed by atoms with E-state index in [1.54, 1.807) is 0 Å². The molecule has 0 radical (unpaired) electrons. The van der Waals surface area contributed by atoms with Crippen molar-refractivity contribution in [2.75, 3.05) is 36.0 Å². The van der Waals surface area contributed by atoms with Gasteiger partial charge in [0.25, 0.3) is 5.69 Å². The van der Waals surface area contributed by atoms with Crippen molar-refractivity contribution in [2.24, 2.45) is 0 Å². The third-order valence-corrected chi connectivity index (χ3v) is 4.09. The van der Waals surface area contributed by atoms with Crippen molar-refractivity contribution in [3.63, 3.8) is 0 Å². The highest BCUT2D eigenvalue weighted by atomic mass is 19.1. The first-order chi connectivity index (χ1) is 11.1. The Kier molecular flexibility index (Phi) is 4.41. The highest BCUT2D eigenvalue weighted by Gasteiger charge is 2.23. The van der Waals surface area contributed by atoms with Gasteiger partial charge in [0.2, 0.25) is 0 Å². The van der Waals surface area contributed by atoms with Crippen LogP contribution >= 0.6 is 0 Å². The molecule has 1 fully saturated rings. The second-order valence-corrected chi connectivity index (χ2v) is 5.55. The van der Waals surface area contributed by atoms with Crippen LogP contribution in [0.4, 0.5) is 21.5 Å². The van der Waals surface area contributed by atoms with Crippen LogP contribution < -0.4 is 9.80 Å². The molecule has 6 heteroatoms. The molecule has 120 valence electrons. The summed E-state index contributed by atoms with van der Waals surface area (Å²) in [6.07, 6.45) is 0.864. The minimum atomic E-state index is -0.450. The molecule has 0 bridgehead atoms. The van der Waals surface area contributed by atoms with Crippen molar-refractivity contribution in [3.05, 3.63) is 64.5 Å². The zero-order chi connectivity index (χ0) is 16.2. The number of nitro benzene ring substituents is 1. The molecule has 0 aliphatic carbocycles. The van der Waals surface area contributed by atoms with Crippen molar-refractivity contribution in [1.29, 1.82) is 0 Å². The lowest BCUT2D eigenvalue weighted by Gasteiger charge is -2.24. The number of halogens is 1. The quantitative estimate of drug-likeness (QED) is 0.643. The smallest absolute Gasteiger partial charge is 0.292 e. The summed E-state index contributed by atoms with van der Waals surface area (Å²) in [6.45, 7) is 2.92. The maximum absolute atomic E-state index is 13.5. The molecular weight excluding hydrogens is 297 g/mol. The Labute approximate surface area is 134 Å². The maximum atomic E-state index is 13.5.